The van der Waals surface area contributed by atoms with Gasteiger partial charge in [0.15, 0.2) is 0 Å². The highest BCUT2D eigenvalue weighted by atomic mass is 127. The molecule has 10 heteroatoms. The number of rotatable bonds is 15. The summed E-state index contributed by atoms with van der Waals surface area (Å²) in [5.74, 6) is -2.25. The zero-order valence-electron chi connectivity index (χ0n) is 18.3. The molecule has 0 radical (unpaired) electrons. The van der Waals surface area contributed by atoms with Crippen molar-refractivity contribution < 1.29 is 29.0 Å². The van der Waals surface area contributed by atoms with E-state index < -0.39 is 29.9 Å². The second-order valence-corrected chi connectivity index (χ2v) is 8.69. The highest BCUT2D eigenvalue weighted by molar-refractivity contribution is 14.1. The second kappa shape index (κ2) is 15.6. The van der Waals surface area contributed by atoms with Crippen LogP contribution < -0.4 is 16.4 Å². The lowest BCUT2D eigenvalue weighted by molar-refractivity contribution is -0.145. The molecular formula is C22H32IN3O6. The van der Waals surface area contributed by atoms with Crippen LogP contribution in [0.15, 0.2) is 24.3 Å². The molecule has 0 aliphatic rings. The van der Waals surface area contributed by atoms with Gasteiger partial charge in [0.2, 0.25) is 11.8 Å². The lowest BCUT2D eigenvalue weighted by atomic mass is 10.1. The number of aliphatic carboxylic acids is 1. The molecule has 0 saturated carbocycles. The maximum Gasteiger partial charge on any atom is 0.328 e. The van der Waals surface area contributed by atoms with Crippen molar-refractivity contribution in [1.29, 1.82) is 0 Å². The minimum atomic E-state index is -1.05. The Bertz CT molecular complexity index is 757. The molecular weight excluding hydrogens is 529 g/mol. The number of halogens is 1. The number of nitrogens with one attached hydrogen (secondary N) is 2. The fourth-order valence-electron chi connectivity index (χ4n) is 2.97. The number of benzene rings is 1. The molecule has 0 spiro atoms. The van der Waals surface area contributed by atoms with Gasteiger partial charge in [0.25, 0.3) is 0 Å². The van der Waals surface area contributed by atoms with Crippen LogP contribution >= 0.6 is 22.6 Å². The van der Waals surface area contributed by atoms with Crippen molar-refractivity contribution in [2.45, 2.75) is 63.5 Å². The number of methoxy groups -OCH3 is 1. The van der Waals surface area contributed by atoms with Crippen LogP contribution in [0.4, 0.5) is 0 Å². The monoisotopic (exact) mass is 561 g/mol. The molecule has 0 heterocycles. The number of aryl methyl sites for hydroxylation is 1. The SMILES string of the molecule is COC(=O)[C@@H](CCCCNC(=O)CCCc1ccc(I)cc1)NC(=O)[C@@H](N)CCC(=O)O. The summed E-state index contributed by atoms with van der Waals surface area (Å²) in [6.45, 7) is 0.475. The van der Waals surface area contributed by atoms with E-state index in [1.165, 1.54) is 16.2 Å². The summed E-state index contributed by atoms with van der Waals surface area (Å²) in [6, 6.07) is 6.34. The Labute approximate surface area is 202 Å². The first-order valence-electron chi connectivity index (χ1n) is 10.6. The van der Waals surface area contributed by atoms with Gasteiger partial charge in [-0.15, -0.1) is 0 Å². The Hall–Kier alpha value is -2.21. The number of carbonyl (C=O) groups excluding carboxylic acids is 3. The highest BCUT2D eigenvalue weighted by Crippen LogP contribution is 2.10. The fraction of sp³-hybridized carbons (Fsp3) is 0.545. The van der Waals surface area contributed by atoms with Crippen LogP contribution in [0.5, 0.6) is 0 Å². The van der Waals surface area contributed by atoms with Crippen LogP contribution in [0.2, 0.25) is 0 Å². The summed E-state index contributed by atoms with van der Waals surface area (Å²) in [4.78, 5) is 46.6. The van der Waals surface area contributed by atoms with Crippen LogP contribution in [-0.2, 0) is 30.3 Å². The van der Waals surface area contributed by atoms with Crippen molar-refractivity contribution in [3.63, 3.8) is 0 Å². The number of unbranched alkanes of at least 4 members (excludes halogenated alkanes) is 1. The number of esters is 1. The Morgan fingerprint density at radius 2 is 1.75 bits per heavy atom. The number of carbonyl (C=O) groups is 4. The van der Waals surface area contributed by atoms with Crippen molar-refractivity contribution in [3.05, 3.63) is 33.4 Å². The average molecular weight is 561 g/mol. The van der Waals surface area contributed by atoms with Crippen molar-refractivity contribution in [2.75, 3.05) is 13.7 Å². The van der Waals surface area contributed by atoms with E-state index in [1.54, 1.807) is 0 Å². The fourth-order valence-corrected chi connectivity index (χ4v) is 3.33. The quantitative estimate of drug-likeness (QED) is 0.145. The molecule has 178 valence electrons. The number of hydrogen-bond donors (Lipinski definition) is 4. The van der Waals surface area contributed by atoms with E-state index in [1.807, 2.05) is 12.1 Å². The van der Waals surface area contributed by atoms with Crippen LogP contribution in [0.25, 0.3) is 0 Å². The van der Waals surface area contributed by atoms with Crippen molar-refractivity contribution in [3.8, 4) is 0 Å². The summed E-state index contributed by atoms with van der Waals surface area (Å²) >= 11 is 2.25. The number of carboxylic acids is 1. The standard InChI is InChI=1S/C22H32IN3O6/c1-32-22(31)18(26-21(30)17(24)12-13-20(28)29)6-2-3-14-25-19(27)7-4-5-15-8-10-16(23)11-9-15/h8-11,17-18H,2-7,12-14,24H2,1H3,(H,25,27)(H,26,30)(H,28,29)/t17-,18+/m0/s1. The van der Waals surface area contributed by atoms with Crippen LogP contribution in [-0.4, -0.2) is 54.6 Å². The number of carboxylic acid groups (broad SMARTS) is 1. The zero-order valence-corrected chi connectivity index (χ0v) is 20.4. The average Bonchev–Trinajstić information content (AvgIpc) is 2.76. The van der Waals surface area contributed by atoms with Gasteiger partial charge in [-0.25, -0.2) is 4.79 Å². The zero-order chi connectivity index (χ0) is 23.9. The molecule has 0 unspecified atom stereocenters. The highest BCUT2D eigenvalue weighted by Gasteiger charge is 2.24. The lowest BCUT2D eigenvalue weighted by Gasteiger charge is -2.19. The van der Waals surface area contributed by atoms with Gasteiger partial charge in [-0.3, -0.25) is 14.4 Å². The number of ether oxygens (including phenoxy) is 1. The Morgan fingerprint density at radius 1 is 1.06 bits per heavy atom. The van der Waals surface area contributed by atoms with Crippen LogP contribution in [0.3, 0.4) is 0 Å². The van der Waals surface area contributed by atoms with Gasteiger partial charge >= 0.3 is 11.9 Å². The molecule has 0 aliphatic heterocycles. The minimum absolute atomic E-state index is 0.0160. The van der Waals surface area contributed by atoms with E-state index in [-0.39, 0.29) is 18.7 Å². The first-order chi connectivity index (χ1) is 15.2. The molecule has 0 bridgehead atoms. The Morgan fingerprint density at radius 3 is 2.38 bits per heavy atom. The van der Waals surface area contributed by atoms with E-state index in [2.05, 4.69) is 45.4 Å². The van der Waals surface area contributed by atoms with Crippen LogP contribution in [0.1, 0.15) is 50.5 Å². The molecule has 5 N–H and O–H groups in total. The molecule has 0 aliphatic carbocycles. The molecule has 2 atom stereocenters. The van der Waals surface area contributed by atoms with E-state index in [0.29, 0.717) is 32.2 Å². The molecule has 1 aromatic carbocycles. The van der Waals surface area contributed by atoms with E-state index in [9.17, 15) is 19.2 Å². The predicted octanol–water partition coefficient (Wildman–Crippen LogP) is 1.75. The van der Waals surface area contributed by atoms with Crippen molar-refractivity contribution in [1.82, 2.24) is 10.6 Å². The van der Waals surface area contributed by atoms with Gasteiger partial charge in [-0.2, -0.15) is 0 Å². The first-order valence-corrected chi connectivity index (χ1v) is 11.7. The van der Waals surface area contributed by atoms with Gasteiger partial charge in [0.05, 0.1) is 13.2 Å². The summed E-state index contributed by atoms with van der Waals surface area (Å²) in [5.41, 5.74) is 6.88. The largest absolute Gasteiger partial charge is 0.481 e. The third-order valence-electron chi connectivity index (χ3n) is 4.83. The third kappa shape index (κ3) is 12.0. The van der Waals surface area contributed by atoms with Crippen molar-refractivity contribution in [2.24, 2.45) is 5.73 Å². The molecule has 0 saturated heterocycles. The maximum absolute atomic E-state index is 12.1. The molecule has 32 heavy (non-hydrogen) atoms. The maximum atomic E-state index is 12.1. The predicted molar refractivity (Wildman–Crippen MR) is 128 cm³/mol. The molecule has 2 amide bonds. The summed E-state index contributed by atoms with van der Waals surface area (Å²) in [7, 11) is 1.22. The number of amides is 2. The molecule has 0 aromatic heterocycles. The van der Waals surface area contributed by atoms with E-state index >= 15 is 0 Å². The third-order valence-corrected chi connectivity index (χ3v) is 5.55. The normalized spacial score (nSPS) is 12.5. The second-order valence-electron chi connectivity index (χ2n) is 7.45. The Kier molecular flexibility index (Phi) is 13.5. The van der Waals surface area contributed by atoms with Gasteiger partial charge < -0.3 is 26.2 Å². The topological polar surface area (TPSA) is 148 Å². The lowest BCUT2D eigenvalue weighted by Crippen LogP contribution is -2.48. The van der Waals surface area contributed by atoms with E-state index in [0.717, 1.165) is 12.8 Å². The molecule has 1 rings (SSSR count). The number of nitrogens with two attached hydrogens (primary N) is 1. The number of hydrogen-bond acceptors (Lipinski definition) is 6. The Balaban J connectivity index is 2.26. The summed E-state index contributed by atoms with van der Waals surface area (Å²) < 4.78 is 5.89. The van der Waals surface area contributed by atoms with Gasteiger partial charge in [0, 0.05) is 23.0 Å². The van der Waals surface area contributed by atoms with Gasteiger partial charge in [-0.05, 0) is 78.8 Å². The smallest absolute Gasteiger partial charge is 0.328 e. The summed E-state index contributed by atoms with van der Waals surface area (Å²) in [5, 5.41) is 14.1. The molecule has 0 fully saturated rings. The summed E-state index contributed by atoms with van der Waals surface area (Å²) in [6.07, 6.45) is 3.34. The van der Waals surface area contributed by atoms with Gasteiger partial charge in [-0.1, -0.05) is 12.1 Å². The van der Waals surface area contributed by atoms with Gasteiger partial charge in [0.1, 0.15) is 6.04 Å². The minimum Gasteiger partial charge on any atom is -0.481 e. The first kappa shape index (κ1) is 27.8. The van der Waals surface area contributed by atoms with Crippen LogP contribution in [0, 0.1) is 3.57 Å². The van der Waals surface area contributed by atoms with Crippen molar-refractivity contribution >= 4 is 46.3 Å². The van der Waals surface area contributed by atoms with E-state index in [4.69, 9.17) is 15.6 Å². The molecule has 1 aromatic rings. The molecule has 9 nitrogen and oxygen atoms in total.